The number of anilines is 1. The summed E-state index contributed by atoms with van der Waals surface area (Å²) in [5, 5.41) is 6.17. The van der Waals surface area contributed by atoms with Gasteiger partial charge in [-0.2, -0.15) is 0 Å². The number of carbonyl (C=O) groups is 1. The van der Waals surface area contributed by atoms with E-state index in [4.69, 9.17) is 28.6 Å². The van der Waals surface area contributed by atoms with Gasteiger partial charge in [0.05, 0.1) is 6.10 Å². The molecule has 1 rings (SSSR count). The summed E-state index contributed by atoms with van der Waals surface area (Å²) in [5.41, 5.74) is 0.695. The average molecular weight is 315 g/mol. The van der Waals surface area contributed by atoms with Crippen molar-refractivity contribution in [3.8, 4) is 0 Å². The number of thiocarbonyl (C=S) groups is 1. The van der Waals surface area contributed by atoms with Crippen molar-refractivity contribution >= 4 is 40.4 Å². The van der Waals surface area contributed by atoms with Crippen LogP contribution in [0.3, 0.4) is 0 Å². The van der Waals surface area contributed by atoms with Crippen LogP contribution < -0.4 is 10.6 Å². The summed E-state index contributed by atoms with van der Waals surface area (Å²) < 4.78 is 5.38. The lowest BCUT2D eigenvalue weighted by atomic mass is 10.3. The normalized spacial score (nSPS) is 10.4. The predicted octanol–water partition coefficient (Wildman–Crippen LogP) is 3.01. The van der Waals surface area contributed by atoms with Gasteiger partial charge in [0.1, 0.15) is 0 Å². The molecule has 0 aromatic heterocycles. The van der Waals surface area contributed by atoms with Crippen LogP contribution in [0.25, 0.3) is 0 Å². The molecule has 1 aromatic rings. The quantitative estimate of drug-likeness (QED) is 0.626. The van der Waals surface area contributed by atoms with Crippen molar-refractivity contribution in [3.63, 3.8) is 0 Å². The number of carbonyl (C=O) groups excluding carboxylic acids is 1. The van der Waals surface area contributed by atoms with Gasteiger partial charge in [0, 0.05) is 23.9 Å². The largest absolute Gasteiger partial charge is 0.379 e. The Balaban J connectivity index is 2.27. The highest BCUT2D eigenvalue weighted by Gasteiger charge is 2.08. The minimum Gasteiger partial charge on any atom is -0.379 e. The van der Waals surface area contributed by atoms with Crippen LogP contribution >= 0.6 is 23.8 Å². The lowest BCUT2D eigenvalue weighted by Gasteiger charge is -2.10. The molecule has 4 nitrogen and oxygen atoms in total. The zero-order valence-corrected chi connectivity index (χ0v) is 13.2. The van der Waals surface area contributed by atoms with E-state index in [9.17, 15) is 4.79 Å². The Morgan fingerprint density at radius 3 is 2.85 bits per heavy atom. The molecule has 2 N–H and O–H groups in total. The van der Waals surface area contributed by atoms with E-state index in [0.717, 1.165) is 6.42 Å². The van der Waals surface area contributed by atoms with Crippen LogP contribution in [0.5, 0.6) is 0 Å². The van der Waals surface area contributed by atoms with E-state index in [2.05, 4.69) is 10.6 Å². The van der Waals surface area contributed by atoms with Gasteiger partial charge in [-0.1, -0.05) is 29.9 Å². The van der Waals surface area contributed by atoms with Crippen molar-refractivity contribution in [2.75, 3.05) is 18.5 Å². The third-order valence-electron chi connectivity index (χ3n) is 2.35. The Bertz CT molecular complexity index is 466. The highest BCUT2D eigenvalue weighted by atomic mass is 35.5. The first-order valence-corrected chi connectivity index (χ1v) is 7.24. The van der Waals surface area contributed by atoms with E-state index in [1.165, 1.54) is 0 Å². The van der Waals surface area contributed by atoms with Gasteiger partial charge in [-0.15, -0.1) is 0 Å². The molecule has 110 valence electrons. The number of halogens is 1. The molecular weight excluding hydrogens is 296 g/mol. The van der Waals surface area contributed by atoms with Crippen molar-refractivity contribution in [1.82, 2.24) is 5.32 Å². The van der Waals surface area contributed by atoms with E-state index in [1.807, 2.05) is 13.8 Å². The fourth-order valence-electron chi connectivity index (χ4n) is 1.43. The number of rotatable bonds is 6. The fourth-order valence-corrected chi connectivity index (χ4v) is 1.81. The standard InChI is InChI=1S/C14H19ClN2O2S/c1-10(2)19-8-4-7-16-13(18)14(20)17-12-6-3-5-11(15)9-12/h3,5-6,9-10H,4,7-8H2,1-2H3,(H,16,18)(H,17,20). The number of hydrogen-bond donors (Lipinski definition) is 2. The Morgan fingerprint density at radius 2 is 2.20 bits per heavy atom. The molecule has 0 heterocycles. The van der Waals surface area contributed by atoms with Crippen molar-refractivity contribution in [1.29, 1.82) is 0 Å². The second-order valence-electron chi connectivity index (χ2n) is 4.49. The van der Waals surface area contributed by atoms with E-state index >= 15 is 0 Å². The van der Waals surface area contributed by atoms with Crippen molar-refractivity contribution in [2.24, 2.45) is 0 Å². The lowest BCUT2D eigenvalue weighted by molar-refractivity contribution is -0.114. The van der Waals surface area contributed by atoms with Gasteiger partial charge in [-0.05, 0) is 38.5 Å². The molecule has 1 amide bonds. The molecule has 0 bridgehead atoms. The van der Waals surface area contributed by atoms with Gasteiger partial charge < -0.3 is 15.4 Å². The Hall–Kier alpha value is -1.17. The van der Waals surface area contributed by atoms with Gasteiger partial charge in [-0.3, -0.25) is 4.79 Å². The molecule has 0 saturated heterocycles. The Labute approximate surface area is 129 Å². The third-order valence-corrected chi connectivity index (χ3v) is 2.87. The molecule has 0 aliphatic rings. The molecule has 0 radical (unpaired) electrons. The maximum absolute atomic E-state index is 11.7. The Kier molecular flexibility index (Phi) is 7.51. The highest BCUT2D eigenvalue weighted by Crippen LogP contribution is 2.14. The first-order valence-electron chi connectivity index (χ1n) is 6.45. The maximum Gasteiger partial charge on any atom is 0.279 e. The molecular formula is C14H19ClN2O2S. The number of hydrogen-bond acceptors (Lipinski definition) is 3. The number of nitrogens with one attached hydrogen (secondary N) is 2. The van der Waals surface area contributed by atoms with E-state index < -0.39 is 0 Å². The van der Waals surface area contributed by atoms with Gasteiger partial charge >= 0.3 is 0 Å². The van der Waals surface area contributed by atoms with Crippen LogP contribution in [0.15, 0.2) is 24.3 Å². The van der Waals surface area contributed by atoms with Crippen LogP contribution in [0.4, 0.5) is 5.69 Å². The molecule has 0 aliphatic carbocycles. The topological polar surface area (TPSA) is 50.4 Å². The summed E-state index contributed by atoms with van der Waals surface area (Å²) in [7, 11) is 0. The van der Waals surface area contributed by atoms with Crippen LogP contribution in [-0.2, 0) is 9.53 Å². The molecule has 0 atom stereocenters. The van der Waals surface area contributed by atoms with Crippen LogP contribution in [0.1, 0.15) is 20.3 Å². The second kappa shape index (κ2) is 8.89. The number of ether oxygens (including phenoxy) is 1. The molecule has 0 spiro atoms. The van der Waals surface area contributed by atoms with Crippen LogP contribution in [0.2, 0.25) is 5.02 Å². The van der Waals surface area contributed by atoms with Crippen molar-refractivity contribution in [2.45, 2.75) is 26.4 Å². The summed E-state index contributed by atoms with van der Waals surface area (Å²) >= 11 is 10.9. The van der Waals surface area contributed by atoms with Gasteiger partial charge in [0.15, 0.2) is 4.99 Å². The third kappa shape index (κ3) is 6.84. The minimum atomic E-state index is -0.301. The lowest BCUT2D eigenvalue weighted by Crippen LogP contribution is -2.35. The van der Waals surface area contributed by atoms with Crippen LogP contribution in [0, 0.1) is 0 Å². The zero-order chi connectivity index (χ0) is 15.0. The summed E-state index contributed by atoms with van der Waals surface area (Å²) in [4.78, 5) is 11.9. The molecule has 0 aliphatic heterocycles. The van der Waals surface area contributed by atoms with Gasteiger partial charge in [-0.25, -0.2) is 0 Å². The average Bonchev–Trinajstić information content (AvgIpc) is 2.37. The summed E-state index contributed by atoms with van der Waals surface area (Å²) in [5.74, 6) is -0.301. The summed E-state index contributed by atoms with van der Waals surface area (Å²) in [6.07, 6.45) is 0.959. The molecule has 20 heavy (non-hydrogen) atoms. The first-order chi connectivity index (χ1) is 9.49. The van der Waals surface area contributed by atoms with E-state index in [-0.39, 0.29) is 17.0 Å². The molecule has 0 unspecified atom stereocenters. The van der Waals surface area contributed by atoms with Crippen molar-refractivity contribution < 1.29 is 9.53 Å². The molecule has 1 aromatic carbocycles. The van der Waals surface area contributed by atoms with Gasteiger partial charge in [0.2, 0.25) is 0 Å². The first kappa shape index (κ1) is 16.9. The maximum atomic E-state index is 11.7. The minimum absolute atomic E-state index is 0.122. The van der Waals surface area contributed by atoms with Crippen molar-refractivity contribution in [3.05, 3.63) is 29.3 Å². The highest BCUT2D eigenvalue weighted by molar-refractivity contribution is 7.82. The fraction of sp³-hybridized carbons (Fsp3) is 0.429. The number of amides is 1. The Morgan fingerprint density at radius 1 is 1.45 bits per heavy atom. The monoisotopic (exact) mass is 314 g/mol. The SMILES string of the molecule is CC(C)OCCCNC(=O)C(=S)Nc1cccc(Cl)c1. The predicted molar refractivity (Wildman–Crippen MR) is 86.4 cm³/mol. The zero-order valence-electron chi connectivity index (χ0n) is 11.6. The van der Waals surface area contributed by atoms with E-state index in [0.29, 0.717) is 23.9 Å². The summed E-state index contributed by atoms with van der Waals surface area (Å²) in [6, 6.07) is 7.04. The number of benzene rings is 1. The molecule has 0 saturated carbocycles. The van der Waals surface area contributed by atoms with E-state index in [1.54, 1.807) is 24.3 Å². The second-order valence-corrected chi connectivity index (χ2v) is 5.34. The summed E-state index contributed by atoms with van der Waals surface area (Å²) in [6.45, 7) is 5.10. The van der Waals surface area contributed by atoms with Gasteiger partial charge in [0.25, 0.3) is 5.91 Å². The molecule has 6 heteroatoms. The smallest absolute Gasteiger partial charge is 0.279 e. The van der Waals surface area contributed by atoms with Crippen LogP contribution in [-0.4, -0.2) is 30.2 Å². The molecule has 0 fully saturated rings.